The van der Waals surface area contributed by atoms with Crippen molar-refractivity contribution in [3.8, 4) is 0 Å². The molecule has 1 aromatic heterocycles. The molecule has 0 aliphatic carbocycles. The van der Waals surface area contributed by atoms with E-state index < -0.39 is 0 Å². The van der Waals surface area contributed by atoms with Crippen molar-refractivity contribution < 1.29 is 0 Å². The molecule has 0 aromatic carbocycles. The molecule has 20 heavy (non-hydrogen) atoms. The lowest BCUT2D eigenvalue weighted by atomic mass is 10.2. The van der Waals surface area contributed by atoms with Crippen molar-refractivity contribution in [3.05, 3.63) is 23.9 Å². The Hall–Kier alpha value is -1.13. The first-order valence-electron chi connectivity index (χ1n) is 7.80. The van der Waals surface area contributed by atoms with E-state index in [1.165, 1.54) is 25.1 Å². The molecule has 1 N–H and O–H groups in total. The van der Waals surface area contributed by atoms with Gasteiger partial charge in [0, 0.05) is 38.4 Å². The van der Waals surface area contributed by atoms with E-state index in [2.05, 4.69) is 53.1 Å². The molecule has 0 bridgehead atoms. The van der Waals surface area contributed by atoms with Crippen LogP contribution < -0.4 is 5.32 Å². The molecule has 0 radical (unpaired) electrons. The predicted molar refractivity (Wildman–Crippen MR) is 85.0 cm³/mol. The molecular weight excluding hydrogens is 248 g/mol. The molecule has 1 aromatic rings. The fraction of sp³-hybridized carbons (Fsp3) is 0.688. The summed E-state index contributed by atoms with van der Waals surface area (Å²) in [7, 11) is 2.22. The van der Waals surface area contributed by atoms with E-state index in [1.54, 1.807) is 0 Å². The Morgan fingerprint density at radius 1 is 1.40 bits per heavy atom. The third kappa shape index (κ3) is 4.46. The minimum Gasteiger partial charge on any atom is -0.370 e. The van der Waals surface area contributed by atoms with Crippen LogP contribution in [0.3, 0.4) is 0 Å². The minimum absolute atomic E-state index is 0.614. The van der Waals surface area contributed by atoms with Crippen LogP contribution in [0.5, 0.6) is 0 Å². The molecule has 1 aliphatic heterocycles. The molecule has 2 heterocycles. The number of nitrogens with zero attached hydrogens (tertiary/aromatic N) is 3. The van der Waals surface area contributed by atoms with Gasteiger partial charge >= 0.3 is 0 Å². The van der Waals surface area contributed by atoms with Gasteiger partial charge < -0.3 is 10.2 Å². The summed E-state index contributed by atoms with van der Waals surface area (Å²) >= 11 is 0. The van der Waals surface area contributed by atoms with Gasteiger partial charge in [-0.15, -0.1) is 0 Å². The van der Waals surface area contributed by atoms with Gasteiger partial charge in [-0.25, -0.2) is 4.98 Å². The molecule has 1 aliphatic rings. The highest BCUT2D eigenvalue weighted by Gasteiger charge is 2.19. The SMILES string of the molecule is CCCNc1cc(CN2CCCN(C)CC2C)ccn1. The third-order valence-electron chi connectivity index (χ3n) is 3.95. The lowest BCUT2D eigenvalue weighted by molar-refractivity contribution is 0.194. The van der Waals surface area contributed by atoms with Crippen molar-refractivity contribution in [1.82, 2.24) is 14.8 Å². The van der Waals surface area contributed by atoms with E-state index in [0.717, 1.165) is 31.9 Å². The second-order valence-corrected chi connectivity index (χ2v) is 5.91. The Kier molecular flexibility index (Phi) is 5.80. The van der Waals surface area contributed by atoms with Gasteiger partial charge in [-0.1, -0.05) is 6.92 Å². The van der Waals surface area contributed by atoms with Gasteiger partial charge in [-0.05, 0) is 51.1 Å². The summed E-state index contributed by atoms with van der Waals surface area (Å²) in [6.45, 7) is 10.1. The number of nitrogens with one attached hydrogen (secondary N) is 1. The number of aromatic nitrogens is 1. The molecule has 1 atom stereocenters. The highest BCUT2D eigenvalue weighted by atomic mass is 15.2. The van der Waals surface area contributed by atoms with E-state index in [4.69, 9.17) is 0 Å². The van der Waals surface area contributed by atoms with Gasteiger partial charge in [0.2, 0.25) is 0 Å². The van der Waals surface area contributed by atoms with Crippen LogP contribution in [-0.2, 0) is 6.54 Å². The zero-order valence-electron chi connectivity index (χ0n) is 13.1. The van der Waals surface area contributed by atoms with Crippen LogP contribution in [0.4, 0.5) is 5.82 Å². The Morgan fingerprint density at radius 3 is 3.05 bits per heavy atom. The first kappa shape index (κ1) is 15.3. The Morgan fingerprint density at radius 2 is 2.25 bits per heavy atom. The normalized spacial score (nSPS) is 21.6. The fourth-order valence-corrected chi connectivity index (χ4v) is 2.81. The predicted octanol–water partition coefficient (Wildman–Crippen LogP) is 2.43. The van der Waals surface area contributed by atoms with Crippen molar-refractivity contribution >= 4 is 5.82 Å². The summed E-state index contributed by atoms with van der Waals surface area (Å²) in [5.74, 6) is 1.00. The van der Waals surface area contributed by atoms with Crippen LogP contribution >= 0.6 is 0 Å². The molecule has 112 valence electrons. The van der Waals surface area contributed by atoms with E-state index in [-0.39, 0.29) is 0 Å². The first-order valence-corrected chi connectivity index (χ1v) is 7.80. The van der Waals surface area contributed by atoms with Crippen LogP contribution in [0.25, 0.3) is 0 Å². The molecular formula is C16H28N4. The number of likely N-dealkylation sites (N-methyl/N-ethyl adjacent to an activating group) is 1. The van der Waals surface area contributed by atoms with Crippen LogP contribution in [0, 0.1) is 0 Å². The van der Waals surface area contributed by atoms with Crippen molar-refractivity contribution in [2.75, 3.05) is 38.5 Å². The average Bonchev–Trinajstić information content (AvgIpc) is 2.59. The lowest BCUT2D eigenvalue weighted by Crippen LogP contribution is -2.37. The summed E-state index contributed by atoms with van der Waals surface area (Å²) in [5.41, 5.74) is 1.36. The van der Waals surface area contributed by atoms with Crippen LogP contribution in [-0.4, -0.2) is 54.1 Å². The Labute approximate surface area is 123 Å². The van der Waals surface area contributed by atoms with Crippen LogP contribution in [0.2, 0.25) is 0 Å². The minimum atomic E-state index is 0.614. The van der Waals surface area contributed by atoms with Crippen LogP contribution in [0.15, 0.2) is 18.3 Å². The Balaban J connectivity index is 1.97. The smallest absolute Gasteiger partial charge is 0.126 e. The number of rotatable bonds is 5. The summed E-state index contributed by atoms with van der Waals surface area (Å²) in [4.78, 5) is 9.40. The summed E-state index contributed by atoms with van der Waals surface area (Å²) in [6.07, 6.45) is 4.30. The second kappa shape index (κ2) is 7.60. The second-order valence-electron chi connectivity index (χ2n) is 5.91. The standard InChI is InChI=1S/C16H28N4/c1-4-7-17-16-11-15(6-8-18-16)13-20-10-5-9-19(3)12-14(20)2/h6,8,11,14H,4-5,7,9-10,12-13H2,1-3H3,(H,17,18). The van der Waals surface area contributed by atoms with Gasteiger partial charge in [0.05, 0.1) is 0 Å². The van der Waals surface area contributed by atoms with Gasteiger partial charge in [0.1, 0.15) is 5.82 Å². The highest BCUT2D eigenvalue weighted by molar-refractivity contribution is 5.37. The molecule has 2 rings (SSSR count). The lowest BCUT2D eigenvalue weighted by Gasteiger charge is -2.28. The quantitative estimate of drug-likeness (QED) is 0.895. The molecule has 1 fully saturated rings. The summed E-state index contributed by atoms with van der Waals surface area (Å²) < 4.78 is 0. The fourth-order valence-electron chi connectivity index (χ4n) is 2.81. The van der Waals surface area contributed by atoms with Crippen molar-refractivity contribution in [3.63, 3.8) is 0 Å². The largest absolute Gasteiger partial charge is 0.370 e. The average molecular weight is 276 g/mol. The molecule has 0 spiro atoms. The van der Waals surface area contributed by atoms with Gasteiger partial charge in [-0.2, -0.15) is 0 Å². The maximum atomic E-state index is 4.38. The van der Waals surface area contributed by atoms with E-state index in [9.17, 15) is 0 Å². The molecule has 0 saturated carbocycles. The Bertz CT molecular complexity index is 407. The molecule has 1 saturated heterocycles. The van der Waals surface area contributed by atoms with E-state index in [1.807, 2.05) is 6.20 Å². The number of pyridine rings is 1. The maximum absolute atomic E-state index is 4.38. The summed E-state index contributed by atoms with van der Waals surface area (Å²) in [5, 5.41) is 3.36. The van der Waals surface area contributed by atoms with E-state index in [0.29, 0.717) is 6.04 Å². The van der Waals surface area contributed by atoms with Crippen molar-refractivity contribution in [2.24, 2.45) is 0 Å². The zero-order chi connectivity index (χ0) is 14.4. The molecule has 0 amide bonds. The topological polar surface area (TPSA) is 31.4 Å². The molecule has 1 unspecified atom stereocenters. The summed E-state index contributed by atoms with van der Waals surface area (Å²) in [6, 6.07) is 4.94. The first-order chi connectivity index (χ1) is 9.69. The van der Waals surface area contributed by atoms with Crippen LogP contribution in [0.1, 0.15) is 32.3 Å². The maximum Gasteiger partial charge on any atom is 0.126 e. The van der Waals surface area contributed by atoms with Gasteiger partial charge in [0.25, 0.3) is 0 Å². The molecule has 4 nitrogen and oxygen atoms in total. The van der Waals surface area contributed by atoms with Crippen molar-refractivity contribution in [2.45, 2.75) is 39.3 Å². The highest BCUT2D eigenvalue weighted by Crippen LogP contribution is 2.15. The number of hydrogen-bond acceptors (Lipinski definition) is 4. The van der Waals surface area contributed by atoms with Gasteiger partial charge in [0.15, 0.2) is 0 Å². The number of hydrogen-bond donors (Lipinski definition) is 1. The number of anilines is 1. The molecule has 4 heteroatoms. The van der Waals surface area contributed by atoms with Crippen molar-refractivity contribution in [1.29, 1.82) is 0 Å². The zero-order valence-corrected chi connectivity index (χ0v) is 13.1. The third-order valence-corrected chi connectivity index (χ3v) is 3.95. The van der Waals surface area contributed by atoms with Gasteiger partial charge in [-0.3, -0.25) is 4.90 Å². The van der Waals surface area contributed by atoms with E-state index >= 15 is 0 Å². The monoisotopic (exact) mass is 276 g/mol.